The van der Waals surface area contributed by atoms with Crippen LogP contribution in [0.25, 0.3) is 11.1 Å². The third kappa shape index (κ3) is 2.00. The molecular formula is C18H20ClNO2. The minimum Gasteiger partial charge on any atom is -0.504 e. The van der Waals surface area contributed by atoms with E-state index in [1.165, 1.54) is 22.3 Å². The molecule has 2 aromatic rings. The Bertz CT molecular complexity index is 729. The molecule has 2 aliphatic rings. The lowest BCUT2D eigenvalue weighted by molar-refractivity contribution is 0.228. The maximum atomic E-state index is 10.1. The smallest absolute Gasteiger partial charge is 0.168 e. The Hall–Kier alpha value is -1.71. The van der Waals surface area contributed by atoms with E-state index in [1.54, 1.807) is 13.2 Å². The molecule has 4 heteroatoms. The van der Waals surface area contributed by atoms with Crippen molar-refractivity contribution in [1.29, 1.82) is 0 Å². The van der Waals surface area contributed by atoms with Crippen LogP contribution in [0.4, 0.5) is 0 Å². The van der Waals surface area contributed by atoms with Crippen LogP contribution in [0.2, 0.25) is 0 Å². The third-order valence-electron chi connectivity index (χ3n) is 4.91. The Labute approximate surface area is 136 Å². The number of phenolic OH excluding ortho intramolecular Hbond substituents is 1. The van der Waals surface area contributed by atoms with Crippen LogP contribution in [0.15, 0.2) is 30.3 Å². The van der Waals surface area contributed by atoms with Crippen molar-refractivity contribution in [3.63, 3.8) is 0 Å². The summed E-state index contributed by atoms with van der Waals surface area (Å²) in [4.78, 5) is 2.44. The van der Waals surface area contributed by atoms with Gasteiger partial charge in [-0.3, -0.25) is 4.90 Å². The van der Waals surface area contributed by atoms with Gasteiger partial charge in [0.2, 0.25) is 0 Å². The predicted octanol–water partition coefficient (Wildman–Crippen LogP) is 3.57. The molecule has 0 unspecified atom stereocenters. The molecule has 1 aliphatic heterocycles. The van der Waals surface area contributed by atoms with E-state index in [1.807, 2.05) is 6.07 Å². The highest BCUT2D eigenvalue weighted by Gasteiger charge is 2.34. The van der Waals surface area contributed by atoms with Crippen molar-refractivity contribution >= 4 is 12.4 Å². The summed E-state index contributed by atoms with van der Waals surface area (Å²) in [6.45, 7) is 1.10. The molecule has 1 atom stereocenters. The van der Waals surface area contributed by atoms with Crippen molar-refractivity contribution in [3.8, 4) is 22.6 Å². The van der Waals surface area contributed by atoms with Gasteiger partial charge in [-0.25, -0.2) is 0 Å². The first-order chi connectivity index (χ1) is 10.2. The first-order valence-corrected chi connectivity index (χ1v) is 7.42. The number of rotatable bonds is 1. The molecule has 0 aromatic heterocycles. The van der Waals surface area contributed by atoms with E-state index in [0.29, 0.717) is 11.8 Å². The summed E-state index contributed by atoms with van der Waals surface area (Å²) in [6, 6.07) is 10.7. The normalized spacial score (nSPS) is 18.9. The lowest BCUT2D eigenvalue weighted by atomic mass is 9.77. The van der Waals surface area contributed by atoms with Crippen LogP contribution < -0.4 is 4.74 Å². The monoisotopic (exact) mass is 317 g/mol. The zero-order chi connectivity index (χ0) is 14.6. The molecule has 22 heavy (non-hydrogen) atoms. The van der Waals surface area contributed by atoms with Gasteiger partial charge in [0, 0.05) is 18.2 Å². The average molecular weight is 318 g/mol. The molecule has 0 amide bonds. The van der Waals surface area contributed by atoms with Crippen LogP contribution in [0, 0.1) is 0 Å². The van der Waals surface area contributed by atoms with Gasteiger partial charge in [0.25, 0.3) is 0 Å². The molecule has 0 radical (unpaired) electrons. The SMILES string of the molecule is COc1c(O)ccc2c1-c1cccc3c1[C@@H](C2)N(C)CC3.Cl. The van der Waals surface area contributed by atoms with Crippen LogP contribution in [-0.4, -0.2) is 30.7 Å². The minimum atomic E-state index is 0. The van der Waals surface area contributed by atoms with E-state index >= 15 is 0 Å². The fourth-order valence-corrected chi connectivity index (χ4v) is 3.87. The van der Waals surface area contributed by atoms with Crippen LogP contribution >= 0.6 is 12.4 Å². The van der Waals surface area contributed by atoms with Gasteiger partial charge < -0.3 is 9.84 Å². The number of ether oxygens (including phenoxy) is 1. The van der Waals surface area contributed by atoms with E-state index < -0.39 is 0 Å². The van der Waals surface area contributed by atoms with Gasteiger partial charge in [-0.05, 0) is 48.2 Å². The van der Waals surface area contributed by atoms with E-state index in [2.05, 4.69) is 30.1 Å². The second kappa shape index (κ2) is 5.49. The first kappa shape index (κ1) is 15.2. The fourth-order valence-electron chi connectivity index (χ4n) is 3.87. The molecule has 1 heterocycles. The summed E-state index contributed by atoms with van der Waals surface area (Å²) < 4.78 is 5.49. The summed E-state index contributed by atoms with van der Waals surface area (Å²) in [6.07, 6.45) is 2.07. The molecule has 0 saturated heterocycles. The Kier molecular flexibility index (Phi) is 3.79. The van der Waals surface area contributed by atoms with Gasteiger partial charge in [-0.15, -0.1) is 12.4 Å². The molecule has 116 valence electrons. The lowest BCUT2D eigenvalue weighted by Gasteiger charge is -2.40. The first-order valence-electron chi connectivity index (χ1n) is 7.42. The van der Waals surface area contributed by atoms with Gasteiger partial charge >= 0.3 is 0 Å². The highest BCUT2D eigenvalue weighted by Crippen LogP contribution is 2.50. The minimum absolute atomic E-state index is 0. The van der Waals surface area contributed by atoms with E-state index in [0.717, 1.165) is 24.9 Å². The highest BCUT2D eigenvalue weighted by atomic mass is 35.5. The molecule has 0 bridgehead atoms. The van der Waals surface area contributed by atoms with Crippen molar-refractivity contribution in [2.45, 2.75) is 18.9 Å². The van der Waals surface area contributed by atoms with E-state index in [9.17, 15) is 5.11 Å². The van der Waals surface area contributed by atoms with Crippen LogP contribution in [0.5, 0.6) is 11.5 Å². The largest absolute Gasteiger partial charge is 0.504 e. The number of aromatic hydroxyl groups is 1. The summed E-state index contributed by atoms with van der Waals surface area (Å²) in [5.74, 6) is 0.823. The maximum absolute atomic E-state index is 10.1. The molecule has 4 rings (SSSR count). The number of methoxy groups -OCH3 is 1. The number of hydrogen-bond donors (Lipinski definition) is 1. The van der Waals surface area contributed by atoms with Crippen molar-refractivity contribution in [3.05, 3.63) is 47.0 Å². The molecular weight excluding hydrogens is 298 g/mol. The second-order valence-corrected chi connectivity index (χ2v) is 5.98. The van der Waals surface area contributed by atoms with Gasteiger partial charge in [0.15, 0.2) is 11.5 Å². The molecule has 0 saturated carbocycles. The Morgan fingerprint density at radius 3 is 2.77 bits per heavy atom. The predicted molar refractivity (Wildman–Crippen MR) is 90.1 cm³/mol. The number of halogens is 1. The highest BCUT2D eigenvalue weighted by molar-refractivity contribution is 5.85. The average Bonchev–Trinajstić information content (AvgIpc) is 2.51. The molecule has 1 aliphatic carbocycles. The zero-order valence-electron chi connectivity index (χ0n) is 12.8. The topological polar surface area (TPSA) is 32.7 Å². The van der Waals surface area contributed by atoms with Crippen LogP contribution in [0.3, 0.4) is 0 Å². The Balaban J connectivity index is 0.00000144. The van der Waals surface area contributed by atoms with Crippen molar-refractivity contribution < 1.29 is 9.84 Å². The van der Waals surface area contributed by atoms with Gasteiger partial charge in [0.1, 0.15) is 0 Å². The standard InChI is InChI=1S/C18H19NO2.ClH/c1-19-9-8-11-4-3-5-13-16(11)14(19)10-12-6-7-15(20)18(21-2)17(12)13;/h3-7,14,20H,8-10H2,1-2H3;1H/t14-;/m1./s1. The second-order valence-electron chi connectivity index (χ2n) is 5.98. The van der Waals surface area contributed by atoms with Crippen molar-refractivity contribution in [1.82, 2.24) is 4.90 Å². The Morgan fingerprint density at radius 1 is 1.18 bits per heavy atom. The number of hydrogen-bond acceptors (Lipinski definition) is 3. The van der Waals surface area contributed by atoms with E-state index in [-0.39, 0.29) is 18.2 Å². The number of phenols is 1. The molecule has 0 fully saturated rings. The van der Waals surface area contributed by atoms with Gasteiger partial charge in [0.05, 0.1) is 7.11 Å². The molecule has 3 nitrogen and oxygen atoms in total. The summed E-state index contributed by atoms with van der Waals surface area (Å²) in [5.41, 5.74) is 6.40. The van der Waals surface area contributed by atoms with Gasteiger partial charge in [-0.2, -0.15) is 0 Å². The van der Waals surface area contributed by atoms with Crippen LogP contribution in [-0.2, 0) is 12.8 Å². The molecule has 2 aromatic carbocycles. The fraction of sp³-hybridized carbons (Fsp3) is 0.333. The maximum Gasteiger partial charge on any atom is 0.168 e. The van der Waals surface area contributed by atoms with Crippen molar-refractivity contribution in [2.75, 3.05) is 20.7 Å². The summed E-state index contributed by atoms with van der Waals surface area (Å²) >= 11 is 0. The quantitative estimate of drug-likeness (QED) is 0.872. The molecule has 0 spiro atoms. The number of benzene rings is 2. The van der Waals surface area contributed by atoms with Gasteiger partial charge in [-0.1, -0.05) is 24.3 Å². The number of likely N-dealkylation sites (N-methyl/N-ethyl adjacent to an activating group) is 1. The van der Waals surface area contributed by atoms with Crippen LogP contribution in [0.1, 0.15) is 22.7 Å². The lowest BCUT2D eigenvalue weighted by Crippen LogP contribution is -2.35. The van der Waals surface area contributed by atoms with Crippen molar-refractivity contribution in [2.24, 2.45) is 0 Å². The third-order valence-corrected chi connectivity index (χ3v) is 4.91. The van der Waals surface area contributed by atoms with E-state index in [4.69, 9.17) is 4.74 Å². The number of fused-ring (bicyclic) bond motifs is 2. The summed E-state index contributed by atoms with van der Waals surface area (Å²) in [7, 11) is 3.83. The Morgan fingerprint density at radius 2 is 2.00 bits per heavy atom. The molecule has 1 N–H and O–H groups in total. The zero-order valence-corrected chi connectivity index (χ0v) is 13.6. The summed E-state index contributed by atoms with van der Waals surface area (Å²) in [5, 5.41) is 10.1. The number of nitrogens with zero attached hydrogens (tertiary/aromatic N) is 1.